The molecule has 2 amide bonds. The van der Waals surface area contributed by atoms with Crippen molar-refractivity contribution >= 4 is 39.5 Å². The van der Waals surface area contributed by atoms with E-state index in [2.05, 4.69) is 14.8 Å². The van der Waals surface area contributed by atoms with Crippen LogP contribution in [0.4, 0.5) is 5.69 Å². The highest BCUT2D eigenvalue weighted by atomic mass is 32.2. The number of nitrogens with zero attached hydrogens (tertiary/aromatic N) is 1. The van der Waals surface area contributed by atoms with Gasteiger partial charge < -0.3 is 14.8 Å². The molecule has 3 rings (SSSR count). The highest BCUT2D eigenvalue weighted by Gasteiger charge is 2.45. The zero-order chi connectivity index (χ0) is 22.9. The number of esters is 2. The smallest absolute Gasteiger partial charge is 0.339 e. The van der Waals surface area contributed by atoms with Gasteiger partial charge in [-0.2, -0.15) is 0 Å². The lowest BCUT2D eigenvalue weighted by atomic mass is 10.1. The molecule has 2 aromatic rings. The second-order valence-electron chi connectivity index (χ2n) is 6.51. The first-order valence-corrected chi connectivity index (χ1v) is 10.4. The number of methoxy groups -OCH3 is 2. The summed E-state index contributed by atoms with van der Waals surface area (Å²) in [5.74, 6) is -3.24. The SMILES string of the molecule is COC(=O)c1ccc(C(=O)OC)c(NC(=O)[C@H](C)N2C(=O)c3ccccc3S2(=O)=O)c1. The summed E-state index contributed by atoms with van der Waals surface area (Å²) in [5, 5.41) is 2.40. The molecule has 1 N–H and O–H groups in total. The van der Waals surface area contributed by atoms with Crippen LogP contribution in [0.2, 0.25) is 0 Å². The van der Waals surface area contributed by atoms with Crippen LogP contribution in [-0.4, -0.2) is 56.7 Å². The normalized spacial score (nSPS) is 15.1. The number of rotatable bonds is 5. The monoisotopic (exact) mass is 446 g/mol. The van der Waals surface area contributed by atoms with E-state index in [1.807, 2.05) is 0 Å². The van der Waals surface area contributed by atoms with Crippen molar-refractivity contribution in [2.75, 3.05) is 19.5 Å². The van der Waals surface area contributed by atoms with E-state index in [0.717, 1.165) is 7.11 Å². The van der Waals surface area contributed by atoms with Crippen molar-refractivity contribution in [3.05, 3.63) is 59.2 Å². The number of ether oxygens (including phenoxy) is 2. The fourth-order valence-corrected chi connectivity index (χ4v) is 4.83. The molecule has 0 saturated heterocycles. The minimum atomic E-state index is -4.23. The van der Waals surface area contributed by atoms with Crippen LogP contribution in [0, 0.1) is 0 Å². The van der Waals surface area contributed by atoms with Gasteiger partial charge in [-0.25, -0.2) is 22.3 Å². The Balaban J connectivity index is 1.95. The molecule has 1 atom stereocenters. The van der Waals surface area contributed by atoms with Gasteiger partial charge in [-0.15, -0.1) is 0 Å². The summed E-state index contributed by atoms with van der Waals surface area (Å²) < 4.78 is 35.4. The van der Waals surface area contributed by atoms with E-state index in [1.165, 1.54) is 56.5 Å². The number of hydrogen-bond donors (Lipinski definition) is 1. The largest absolute Gasteiger partial charge is 0.465 e. The molecule has 1 aliphatic heterocycles. The first-order valence-electron chi connectivity index (χ1n) is 8.92. The maximum atomic E-state index is 12.9. The predicted octanol–water partition coefficient (Wildman–Crippen LogP) is 1.43. The van der Waals surface area contributed by atoms with Crippen molar-refractivity contribution in [2.45, 2.75) is 17.9 Å². The van der Waals surface area contributed by atoms with E-state index >= 15 is 0 Å². The highest BCUT2D eigenvalue weighted by Crippen LogP contribution is 2.32. The third-order valence-electron chi connectivity index (χ3n) is 4.69. The number of sulfonamides is 1. The number of hydrogen-bond acceptors (Lipinski definition) is 8. The average molecular weight is 446 g/mol. The molecule has 0 radical (unpaired) electrons. The molecule has 1 heterocycles. The third kappa shape index (κ3) is 3.75. The Hall–Kier alpha value is -3.73. The summed E-state index contributed by atoms with van der Waals surface area (Å²) in [6.07, 6.45) is 0. The van der Waals surface area contributed by atoms with Gasteiger partial charge in [-0.1, -0.05) is 12.1 Å². The molecule has 0 saturated carbocycles. The van der Waals surface area contributed by atoms with Gasteiger partial charge >= 0.3 is 11.9 Å². The molecule has 10 nitrogen and oxygen atoms in total. The standard InChI is InChI=1S/C20H18N2O8S/c1-11(22-18(24)14-6-4-5-7-16(14)31(22,27)28)17(23)21-15-10-12(19(25)29-2)8-9-13(15)20(26)30-3/h4-11H,1-3H3,(H,21,23)/t11-/m0/s1. The summed E-state index contributed by atoms with van der Waals surface area (Å²) in [6.45, 7) is 1.23. The van der Waals surface area contributed by atoms with Gasteiger partial charge in [0.1, 0.15) is 10.9 Å². The summed E-state index contributed by atoms with van der Waals surface area (Å²) in [6, 6.07) is 7.93. The van der Waals surface area contributed by atoms with Crippen molar-refractivity contribution in [2.24, 2.45) is 0 Å². The first kappa shape index (κ1) is 22.0. The van der Waals surface area contributed by atoms with Gasteiger partial charge in [-0.05, 0) is 37.3 Å². The zero-order valence-corrected chi connectivity index (χ0v) is 17.6. The molecule has 0 aliphatic carbocycles. The Morgan fingerprint density at radius 1 is 1.00 bits per heavy atom. The number of carbonyl (C=O) groups excluding carboxylic acids is 4. The second-order valence-corrected chi connectivity index (χ2v) is 8.29. The molecule has 31 heavy (non-hydrogen) atoms. The van der Waals surface area contributed by atoms with Crippen molar-refractivity contribution < 1.29 is 37.1 Å². The summed E-state index contributed by atoms with van der Waals surface area (Å²) in [5.41, 5.74) is -0.178. The van der Waals surface area contributed by atoms with E-state index in [9.17, 15) is 27.6 Å². The molecule has 0 fully saturated rings. The van der Waals surface area contributed by atoms with Crippen LogP contribution in [0.25, 0.3) is 0 Å². The average Bonchev–Trinajstić information content (AvgIpc) is 2.97. The maximum Gasteiger partial charge on any atom is 0.339 e. The fraction of sp³-hybridized carbons (Fsp3) is 0.200. The third-order valence-corrected chi connectivity index (χ3v) is 6.60. The van der Waals surface area contributed by atoms with E-state index in [-0.39, 0.29) is 27.3 Å². The fourth-order valence-electron chi connectivity index (χ4n) is 3.11. The molecule has 11 heteroatoms. The van der Waals surface area contributed by atoms with Crippen LogP contribution in [0.3, 0.4) is 0 Å². The van der Waals surface area contributed by atoms with Gasteiger partial charge in [0.25, 0.3) is 15.9 Å². The van der Waals surface area contributed by atoms with Crippen LogP contribution in [0.15, 0.2) is 47.4 Å². The molecular formula is C20H18N2O8S. The van der Waals surface area contributed by atoms with Crippen LogP contribution >= 0.6 is 0 Å². The number of nitrogens with one attached hydrogen (secondary N) is 1. The number of benzene rings is 2. The van der Waals surface area contributed by atoms with Gasteiger partial charge in [0, 0.05) is 0 Å². The van der Waals surface area contributed by atoms with Crippen molar-refractivity contribution in [3.63, 3.8) is 0 Å². The Morgan fingerprint density at radius 3 is 2.26 bits per heavy atom. The molecule has 1 aliphatic rings. The molecule has 2 aromatic carbocycles. The van der Waals surface area contributed by atoms with Crippen LogP contribution in [0.5, 0.6) is 0 Å². The molecule has 0 aromatic heterocycles. The Bertz CT molecular complexity index is 1210. The van der Waals surface area contributed by atoms with E-state index in [0.29, 0.717) is 4.31 Å². The Kier molecular flexibility index (Phi) is 5.80. The topological polar surface area (TPSA) is 136 Å². The Labute approximate surface area is 177 Å². The lowest BCUT2D eigenvalue weighted by molar-refractivity contribution is -0.118. The summed E-state index contributed by atoms with van der Waals surface area (Å²) >= 11 is 0. The number of carbonyl (C=O) groups is 4. The van der Waals surface area contributed by atoms with E-state index < -0.39 is 39.8 Å². The highest BCUT2D eigenvalue weighted by molar-refractivity contribution is 7.90. The van der Waals surface area contributed by atoms with Gasteiger partial charge in [0.15, 0.2) is 0 Å². The molecule has 0 spiro atoms. The first-order chi connectivity index (χ1) is 14.6. The van der Waals surface area contributed by atoms with Crippen LogP contribution in [-0.2, 0) is 24.3 Å². The number of amides is 2. The molecule has 0 unspecified atom stereocenters. The predicted molar refractivity (Wildman–Crippen MR) is 107 cm³/mol. The minimum absolute atomic E-state index is 0.0370. The Morgan fingerprint density at radius 2 is 1.65 bits per heavy atom. The lowest BCUT2D eigenvalue weighted by Gasteiger charge is -2.23. The van der Waals surface area contributed by atoms with Crippen LogP contribution < -0.4 is 5.32 Å². The molecular weight excluding hydrogens is 428 g/mol. The second kappa shape index (κ2) is 8.19. The molecule has 162 valence electrons. The zero-order valence-electron chi connectivity index (χ0n) is 16.7. The van der Waals surface area contributed by atoms with Crippen molar-refractivity contribution in [1.82, 2.24) is 4.31 Å². The summed E-state index contributed by atoms with van der Waals surface area (Å²) in [4.78, 5) is 49.2. The maximum absolute atomic E-state index is 12.9. The van der Waals surface area contributed by atoms with E-state index in [1.54, 1.807) is 0 Å². The van der Waals surface area contributed by atoms with Crippen molar-refractivity contribution in [3.8, 4) is 0 Å². The van der Waals surface area contributed by atoms with Gasteiger partial charge in [0.2, 0.25) is 5.91 Å². The quantitative estimate of drug-likeness (QED) is 0.681. The molecule has 0 bridgehead atoms. The minimum Gasteiger partial charge on any atom is -0.465 e. The van der Waals surface area contributed by atoms with Crippen molar-refractivity contribution in [1.29, 1.82) is 0 Å². The van der Waals surface area contributed by atoms with Crippen LogP contribution in [0.1, 0.15) is 38.0 Å². The van der Waals surface area contributed by atoms with Gasteiger partial charge in [0.05, 0.1) is 36.6 Å². The lowest BCUT2D eigenvalue weighted by Crippen LogP contribution is -2.45. The number of anilines is 1. The van der Waals surface area contributed by atoms with E-state index in [4.69, 9.17) is 0 Å². The summed E-state index contributed by atoms with van der Waals surface area (Å²) in [7, 11) is -1.93. The number of fused-ring (bicyclic) bond motifs is 1. The van der Waals surface area contributed by atoms with Gasteiger partial charge in [-0.3, -0.25) is 9.59 Å².